The van der Waals surface area contributed by atoms with Crippen LogP contribution >= 0.6 is 11.3 Å². The van der Waals surface area contributed by atoms with Gasteiger partial charge in [0.25, 0.3) is 0 Å². The van der Waals surface area contributed by atoms with Gasteiger partial charge in [0, 0.05) is 24.0 Å². The van der Waals surface area contributed by atoms with Crippen molar-refractivity contribution in [3.8, 4) is 11.5 Å². The number of nitrogens with zero attached hydrogens (tertiary/aromatic N) is 3. The molecule has 7 heteroatoms. The van der Waals surface area contributed by atoms with E-state index in [1.807, 2.05) is 29.5 Å². The molecule has 0 atom stereocenters. The Morgan fingerprint density at radius 3 is 2.40 bits per heavy atom. The van der Waals surface area contributed by atoms with E-state index < -0.39 is 5.60 Å². The summed E-state index contributed by atoms with van der Waals surface area (Å²) in [6.07, 6.45) is 7.73. The third-order valence-corrected chi connectivity index (χ3v) is 7.71. The molecule has 0 unspecified atom stereocenters. The molecular weight excluding hydrogens is 398 g/mol. The minimum absolute atomic E-state index is 0.626. The Hall–Kier alpha value is -2.38. The van der Waals surface area contributed by atoms with Crippen LogP contribution in [-0.2, 0) is 18.4 Å². The first-order chi connectivity index (χ1) is 14.6. The van der Waals surface area contributed by atoms with E-state index in [9.17, 15) is 5.11 Å². The van der Waals surface area contributed by atoms with Gasteiger partial charge in [-0.15, -0.1) is 11.3 Å². The van der Waals surface area contributed by atoms with Crippen LogP contribution in [0.2, 0.25) is 0 Å². The number of ether oxygens (including phenoxy) is 2. The van der Waals surface area contributed by atoms with Crippen LogP contribution in [-0.4, -0.2) is 42.4 Å². The van der Waals surface area contributed by atoms with Crippen molar-refractivity contribution < 1.29 is 14.6 Å². The SMILES string of the molecule is COc1cc(OC)cc(C2(O)CCN(c3ncnc4sc5c(c34)CCCC5)CC2)c1. The third kappa shape index (κ3) is 3.30. The highest BCUT2D eigenvalue weighted by Gasteiger charge is 2.36. The fourth-order valence-corrected chi connectivity index (χ4v) is 5.99. The van der Waals surface area contributed by atoms with Gasteiger partial charge in [-0.1, -0.05) is 0 Å². The summed E-state index contributed by atoms with van der Waals surface area (Å²) >= 11 is 1.83. The zero-order valence-electron chi connectivity index (χ0n) is 17.5. The Bertz CT molecular complexity index is 1050. The second-order valence-electron chi connectivity index (χ2n) is 8.21. The fraction of sp³-hybridized carbons (Fsp3) is 0.478. The van der Waals surface area contributed by atoms with Crippen LogP contribution in [0.3, 0.4) is 0 Å². The lowest BCUT2D eigenvalue weighted by Gasteiger charge is -2.39. The molecule has 1 aromatic carbocycles. The summed E-state index contributed by atoms with van der Waals surface area (Å²) in [6, 6.07) is 5.66. The van der Waals surface area contributed by atoms with Crippen LogP contribution in [0.1, 0.15) is 41.7 Å². The first kappa shape index (κ1) is 19.6. The summed E-state index contributed by atoms with van der Waals surface area (Å²) in [5, 5.41) is 12.7. The minimum atomic E-state index is -0.904. The molecule has 1 aliphatic heterocycles. The summed E-state index contributed by atoms with van der Waals surface area (Å²) in [7, 11) is 3.26. The van der Waals surface area contributed by atoms with Crippen molar-refractivity contribution >= 4 is 27.4 Å². The van der Waals surface area contributed by atoms with Crippen molar-refractivity contribution in [3.63, 3.8) is 0 Å². The topological polar surface area (TPSA) is 67.7 Å². The number of benzene rings is 1. The van der Waals surface area contributed by atoms with Crippen LogP contribution in [0.15, 0.2) is 24.5 Å². The van der Waals surface area contributed by atoms with E-state index in [1.165, 1.54) is 28.7 Å². The number of aromatic nitrogens is 2. The lowest BCUT2D eigenvalue weighted by Crippen LogP contribution is -2.43. The van der Waals surface area contributed by atoms with Gasteiger partial charge in [-0.3, -0.25) is 0 Å². The van der Waals surface area contributed by atoms with Gasteiger partial charge in [-0.2, -0.15) is 0 Å². The number of hydrogen-bond donors (Lipinski definition) is 1. The van der Waals surface area contributed by atoms with Gasteiger partial charge in [-0.05, 0) is 61.8 Å². The second kappa shape index (κ2) is 7.71. The lowest BCUT2D eigenvalue weighted by atomic mass is 9.84. The number of thiophene rings is 1. The maximum atomic E-state index is 11.4. The maximum Gasteiger partial charge on any atom is 0.141 e. The molecule has 0 amide bonds. The summed E-state index contributed by atoms with van der Waals surface area (Å²) in [6.45, 7) is 1.49. The monoisotopic (exact) mass is 425 g/mol. The maximum absolute atomic E-state index is 11.4. The number of aliphatic hydroxyl groups is 1. The number of piperidine rings is 1. The largest absolute Gasteiger partial charge is 0.497 e. The van der Waals surface area contributed by atoms with Crippen molar-refractivity contribution in [1.29, 1.82) is 0 Å². The highest BCUT2D eigenvalue weighted by molar-refractivity contribution is 7.19. The third-order valence-electron chi connectivity index (χ3n) is 6.51. The van der Waals surface area contributed by atoms with Crippen LogP contribution < -0.4 is 14.4 Å². The molecule has 2 aliphatic rings. The van der Waals surface area contributed by atoms with E-state index in [-0.39, 0.29) is 0 Å². The summed E-state index contributed by atoms with van der Waals surface area (Å²) < 4.78 is 10.8. The van der Waals surface area contributed by atoms with Gasteiger partial charge in [-0.25, -0.2) is 9.97 Å². The molecule has 1 aliphatic carbocycles. The van der Waals surface area contributed by atoms with Crippen LogP contribution in [0.4, 0.5) is 5.82 Å². The van der Waals surface area contributed by atoms with Crippen molar-refractivity contribution in [2.75, 3.05) is 32.2 Å². The van der Waals surface area contributed by atoms with Gasteiger partial charge in [0.1, 0.15) is 28.5 Å². The van der Waals surface area contributed by atoms with Crippen molar-refractivity contribution in [1.82, 2.24) is 9.97 Å². The Morgan fingerprint density at radius 1 is 1.00 bits per heavy atom. The van der Waals surface area contributed by atoms with Gasteiger partial charge in [0.2, 0.25) is 0 Å². The number of anilines is 1. The van der Waals surface area contributed by atoms with Crippen LogP contribution in [0.25, 0.3) is 10.2 Å². The van der Waals surface area contributed by atoms with Crippen LogP contribution in [0, 0.1) is 0 Å². The fourth-order valence-electron chi connectivity index (χ4n) is 4.77. The minimum Gasteiger partial charge on any atom is -0.497 e. The van der Waals surface area contributed by atoms with E-state index in [4.69, 9.17) is 9.47 Å². The molecule has 5 rings (SSSR count). The van der Waals surface area contributed by atoms with E-state index in [1.54, 1.807) is 20.5 Å². The number of hydrogen-bond acceptors (Lipinski definition) is 7. The molecule has 0 spiro atoms. The summed E-state index contributed by atoms with van der Waals surface area (Å²) in [4.78, 5) is 14.1. The number of fused-ring (bicyclic) bond motifs is 3. The van der Waals surface area contributed by atoms with E-state index in [0.29, 0.717) is 24.3 Å². The van der Waals surface area contributed by atoms with E-state index in [2.05, 4.69) is 14.9 Å². The molecule has 158 valence electrons. The zero-order valence-corrected chi connectivity index (χ0v) is 18.3. The average Bonchev–Trinajstić information content (AvgIpc) is 3.18. The molecule has 6 nitrogen and oxygen atoms in total. The molecule has 3 aromatic rings. The molecule has 30 heavy (non-hydrogen) atoms. The van der Waals surface area contributed by atoms with Crippen molar-refractivity contribution in [3.05, 3.63) is 40.5 Å². The summed E-state index contributed by atoms with van der Waals surface area (Å²) in [5.41, 5.74) is 1.40. The molecule has 2 aromatic heterocycles. The van der Waals surface area contributed by atoms with Gasteiger partial charge in [0.05, 0.1) is 25.2 Å². The smallest absolute Gasteiger partial charge is 0.141 e. The highest BCUT2D eigenvalue weighted by Crippen LogP contribution is 2.42. The van der Waals surface area contributed by atoms with Gasteiger partial charge in [0.15, 0.2) is 0 Å². The number of methoxy groups -OCH3 is 2. The predicted molar refractivity (Wildman–Crippen MR) is 119 cm³/mol. The molecule has 0 radical (unpaired) electrons. The van der Waals surface area contributed by atoms with Crippen molar-refractivity contribution in [2.24, 2.45) is 0 Å². The number of rotatable bonds is 4. The Kier molecular flexibility index (Phi) is 5.03. The number of aryl methyl sites for hydroxylation is 2. The molecule has 0 saturated carbocycles. The average molecular weight is 426 g/mol. The first-order valence-corrected chi connectivity index (χ1v) is 11.4. The lowest BCUT2D eigenvalue weighted by molar-refractivity contribution is 0.0113. The molecule has 1 fully saturated rings. The Labute approximate surface area is 180 Å². The Balaban J connectivity index is 1.43. The molecule has 3 heterocycles. The zero-order chi connectivity index (χ0) is 20.7. The standard InChI is InChI=1S/C23H27N3O3S/c1-28-16-11-15(12-17(13-16)29-2)23(27)7-9-26(10-8-23)21-20-18-5-3-4-6-19(18)30-22(20)25-14-24-21/h11-14,27H,3-10H2,1-2H3. The summed E-state index contributed by atoms with van der Waals surface area (Å²) in [5.74, 6) is 2.43. The molecule has 0 bridgehead atoms. The highest BCUT2D eigenvalue weighted by atomic mass is 32.1. The van der Waals surface area contributed by atoms with Crippen molar-refractivity contribution in [2.45, 2.75) is 44.1 Å². The Morgan fingerprint density at radius 2 is 1.70 bits per heavy atom. The normalized spacial score (nSPS) is 18.3. The van der Waals surface area contributed by atoms with Gasteiger partial charge >= 0.3 is 0 Å². The molecular formula is C23H27N3O3S. The van der Waals surface area contributed by atoms with E-state index >= 15 is 0 Å². The van der Waals surface area contributed by atoms with E-state index in [0.717, 1.165) is 42.1 Å². The molecule has 1 saturated heterocycles. The van der Waals surface area contributed by atoms with Crippen LogP contribution in [0.5, 0.6) is 11.5 Å². The predicted octanol–water partition coefficient (Wildman–Crippen LogP) is 4.08. The quantitative estimate of drug-likeness (QED) is 0.680. The first-order valence-electron chi connectivity index (χ1n) is 10.6. The molecule has 1 N–H and O–H groups in total. The second-order valence-corrected chi connectivity index (χ2v) is 9.29. The van der Waals surface area contributed by atoms with Gasteiger partial charge < -0.3 is 19.5 Å².